The summed E-state index contributed by atoms with van der Waals surface area (Å²) in [5.41, 5.74) is 6.18. The molecule has 2 fully saturated rings. The topological polar surface area (TPSA) is 120 Å². The van der Waals surface area contributed by atoms with Gasteiger partial charge in [0, 0.05) is 49.7 Å². The molecule has 1 atom stereocenters. The van der Waals surface area contributed by atoms with Crippen LogP contribution in [0.5, 0.6) is 5.75 Å². The lowest BCUT2D eigenvalue weighted by Gasteiger charge is -2.47. The monoisotopic (exact) mass is 679 g/mol. The Balaban J connectivity index is 1.22. The van der Waals surface area contributed by atoms with Gasteiger partial charge in [-0.2, -0.15) is 4.98 Å². The van der Waals surface area contributed by atoms with Crippen LogP contribution in [-0.2, 0) is 11.0 Å². The summed E-state index contributed by atoms with van der Waals surface area (Å²) in [5, 5.41) is 6.70. The fraction of sp³-hybridized carbons (Fsp3) is 0.419. The first kappa shape index (κ1) is 30.5. The average molecular weight is 681 g/mol. The highest BCUT2D eigenvalue weighted by molar-refractivity contribution is 9.10. The van der Waals surface area contributed by atoms with Gasteiger partial charge in [-0.05, 0) is 97.9 Å². The number of methoxy groups -OCH3 is 1. The largest absolute Gasteiger partial charge is 0.494 e. The van der Waals surface area contributed by atoms with Gasteiger partial charge in [0.2, 0.25) is 5.95 Å². The maximum absolute atomic E-state index is 12.1. The number of piperidine rings is 2. The van der Waals surface area contributed by atoms with Crippen molar-refractivity contribution in [3.05, 3.63) is 52.9 Å². The third kappa shape index (κ3) is 6.45. The maximum Gasteiger partial charge on any atom is 0.229 e. The normalized spacial score (nSPS) is 17.4. The van der Waals surface area contributed by atoms with Crippen molar-refractivity contribution < 1.29 is 8.95 Å². The van der Waals surface area contributed by atoms with Crippen LogP contribution in [0.2, 0.25) is 0 Å². The molecule has 44 heavy (non-hydrogen) atoms. The molecule has 11 nitrogen and oxygen atoms in total. The standard InChI is InChI=1S/C31H38BrN9O2S/c1-20-17-24(26(43-3)18-25(20)41-15-9-31(10-16-41)7-13-40(2)14-8-31)37-30-35-19-21(32)29(38-30)36-23-6-5-22-27(34-12-11-33-22)28(23)39-44(4)42/h5-6,11-12,17-19,39H,7-10,13-16H2,1-4H3,(H2,35,36,37,38). The molecular formula is C31H38BrN9O2S. The highest BCUT2D eigenvalue weighted by atomic mass is 79.9. The van der Waals surface area contributed by atoms with Gasteiger partial charge in [-0.3, -0.25) is 9.97 Å². The molecule has 4 aromatic rings. The van der Waals surface area contributed by atoms with Crippen molar-refractivity contribution in [1.82, 2.24) is 24.8 Å². The highest BCUT2D eigenvalue weighted by Crippen LogP contribution is 2.44. The molecule has 2 aromatic carbocycles. The number of ether oxygens (including phenoxy) is 1. The minimum Gasteiger partial charge on any atom is -0.494 e. The Bertz CT molecular complexity index is 1690. The molecule has 3 N–H and O–H groups in total. The van der Waals surface area contributed by atoms with E-state index < -0.39 is 11.0 Å². The molecule has 13 heteroatoms. The second kappa shape index (κ2) is 12.8. The molecule has 0 amide bonds. The number of benzene rings is 2. The van der Waals surface area contributed by atoms with Crippen molar-refractivity contribution in [3.63, 3.8) is 0 Å². The summed E-state index contributed by atoms with van der Waals surface area (Å²) >= 11 is 3.57. The summed E-state index contributed by atoms with van der Waals surface area (Å²) in [7, 11) is 2.59. The van der Waals surface area contributed by atoms with E-state index in [1.807, 2.05) is 12.1 Å². The molecule has 0 bridgehead atoms. The van der Waals surface area contributed by atoms with E-state index in [2.05, 4.69) is 82.1 Å². The number of rotatable bonds is 8. The molecule has 1 unspecified atom stereocenters. The predicted molar refractivity (Wildman–Crippen MR) is 182 cm³/mol. The van der Waals surface area contributed by atoms with Crippen molar-refractivity contribution in [1.29, 1.82) is 0 Å². The van der Waals surface area contributed by atoms with E-state index in [4.69, 9.17) is 9.72 Å². The molecular weight excluding hydrogens is 642 g/mol. The van der Waals surface area contributed by atoms with Crippen LogP contribution < -0.4 is 25.0 Å². The maximum atomic E-state index is 12.1. The van der Waals surface area contributed by atoms with E-state index >= 15 is 0 Å². The van der Waals surface area contributed by atoms with Gasteiger partial charge in [0.05, 0.1) is 34.2 Å². The molecule has 2 aromatic heterocycles. The number of nitrogens with zero attached hydrogens (tertiary/aromatic N) is 6. The third-order valence-corrected chi connectivity index (χ3v) is 9.93. The minimum atomic E-state index is -1.33. The number of halogens is 1. The van der Waals surface area contributed by atoms with Gasteiger partial charge in [0.15, 0.2) is 0 Å². The summed E-state index contributed by atoms with van der Waals surface area (Å²) in [6.07, 6.45) is 11.6. The lowest BCUT2D eigenvalue weighted by molar-refractivity contribution is 0.0944. The van der Waals surface area contributed by atoms with Crippen molar-refractivity contribution in [2.45, 2.75) is 32.6 Å². The van der Waals surface area contributed by atoms with Crippen molar-refractivity contribution in [2.24, 2.45) is 5.41 Å². The smallest absolute Gasteiger partial charge is 0.229 e. The third-order valence-electron chi connectivity index (χ3n) is 8.86. The van der Waals surface area contributed by atoms with Gasteiger partial charge >= 0.3 is 0 Å². The summed E-state index contributed by atoms with van der Waals surface area (Å²) in [4.78, 5) is 23.0. The Kier molecular flexibility index (Phi) is 8.88. The lowest BCUT2D eigenvalue weighted by Crippen LogP contribution is -2.46. The van der Waals surface area contributed by atoms with Crippen LogP contribution in [0.1, 0.15) is 31.2 Å². The number of aryl methyl sites for hydroxylation is 1. The summed E-state index contributed by atoms with van der Waals surface area (Å²) in [6.45, 7) is 6.68. The van der Waals surface area contributed by atoms with Crippen LogP contribution >= 0.6 is 15.9 Å². The minimum absolute atomic E-state index is 0.400. The van der Waals surface area contributed by atoms with E-state index in [1.165, 1.54) is 50.0 Å². The van der Waals surface area contributed by atoms with Gasteiger partial charge in [0.25, 0.3) is 0 Å². The summed E-state index contributed by atoms with van der Waals surface area (Å²) < 4.78 is 21.6. The SMILES string of the molecule is COc1cc(N2CCC3(CCN(C)CC3)CC2)c(C)cc1Nc1ncc(Br)c(Nc2ccc3nccnc3c2NS(C)=O)n1. The zero-order valence-electron chi connectivity index (χ0n) is 25.5. The predicted octanol–water partition coefficient (Wildman–Crippen LogP) is 6.00. The van der Waals surface area contributed by atoms with Gasteiger partial charge in [-0.25, -0.2) is 9.19 Å². The number of fused-ring (bicyclic) bond motifs is 1. The van der Waals surface area contributed by atoms with E-state index in [-0.39, 0.29) is 0 Å². The Morgan fingerprint density at radius 1 is 0.977 bits per heavy atom. The van der Waals surface area contributed by atoms with Crippen LogP contribution in [0.4, 0.5) is 34.5 Å². The molecule has 4 heterocycles. The molecule has 2 saturated heterocycles. The molecule has 0 aliphatic carbocycles. The van der Waals surface area contributed by atoms with Crippen molar-refractivity contribution in [2.75, 3.05) is 66.8 Å². The zero-order chi connectivity index (χ0) is 30.8. The highest BCUT2D eigenvalue weighted by Gasteiger charge is 2.37. The van der Waals surface area contributed by atoms with Crippen LogP contribution in [0.3, 0.4) is 0 Å². The lowest BCUT2D eigenvalue weighted by atomic mass is 9.71. The van der Waals surface area contributed by atoms with Gasteiger partial charge in [-0.1, -0.05) is 0 Å². The molecule has 6 rings (SSSR count). The first-order valence-electron chi connectivity index (χ1n) is 14.8. The fourth-order valence-electron chi connectivity index (χ4n) is 6.25. The molecule has 2 aliphatic heterocycles. The number of likely N-dealkylation sites (tertiary alicyclic amines) is 1. The number of hydrogen-bond donors (Lipinski definition) is 3. The van der Waals surface area contributed by atoms with Gasteiger partial charge in [0.1, 0.15) is 28.1 Å². The fourth-order valence-corrected chi connectivity index (χ4v) is 7.03. The number of hydrogen-bond acceptors (Lipinski definition) is 10. The Morgan fingerprint density at radius 2 is 1.70 bits per heavy atom. The average Bonchev–Trinajstić information content (AvgIpc) is 3.02. The Labute approximate surface area is 268 Å². The Hall–Kier alpha value is -3.55. The van der Waals surface area contributed by atoms with Crippen LogP contribution in [0, 0.1) is 12.3 Å². The number of anilines is 6. The first-order chi connectivity index (χ1) is 21.2. The molecule has 0 radical (unpaired) electrons. The Morgan fingerprint density at radius 3 is 2.43 bits per heavy atom. The summed E-state index contributed by atoms with van der Waals surface area (Å²) in [6, 6.07) is 7.94. The van der Waals surface area contributed by atoms with E-state index in [9.17, 15) is 4.21 Å². The van der Waals surface area contributed by atoms with Gasteiger partial charge in [-0.15, -0.1) is 0 Å². The van der Waals surface area contributed by atoms with Crippen LogP contribution in [0.15, 0.2) is 47.3 Å². The van der Waals surface area contributed by atoms with E-state index in [0.29, 0.717) is 44.1 Å². The van der Waals surface area contributed by atoms with E-state index in [0.717, 1.165) is 24.5 Å². The second-order valence-corrected chi connectivity index (χ2v) is 13.7. The molecule has 232 valence electrons. The van der Waals surface area contributed by atoms with Gasteiger partial charge < -0.3 is 29.9 Å². The second-order valence-electron chi connectivity index (χ2n) is 11.7. The van der Waals surface area contributed by atoms with Crippen molar-refractivity contribution >= 4 is 72.5 Å². The molecule has 0 saturated carbocycles. The molecule has 1 spiro atoms. The van der Waals surface area contributed by atoms with Crippen LogP contribution in [-0.4, -0.2) is 75.6 Å². The van der Waals surface area contributed by atoms with Crippen LogP contribution in [0.25, 0.3) is 11.0 Å². The number of aromatic nitrogens is 4. The van der Waals surface area contributed by atoms with Crippen molar-refractivity contribution in [3.8, 4) is 5.75 Å². The number of nitrogens with one attached hydrogen (secondary N) is 3. The molecule has 2 aliphatic rings. The first-order valence-corrected chi connectivity index (χ1v) is 17.1. The quantitative estimate of drug-likeness (QED) is 0.204. The van der Waals surface area contributed by atoms with E-state index in [1.54, 1.807) is 32.0 Å². The summed E-state index contributed by atoms with van der Waals surface area (Å²) in [5.74, 6) is 1.66. The zero-order valence-corrected chi connectivity index (χ0v) is 27.9.